The molecule has 1 aliphatic rings. The third-order valence-electron chi connectivity index (χ3n) is 4.82. The summed E-state index contributed by atoms with van der Waals surface area (Å²) in [5.74, 6) is 1.45. The molecule has 2 aromatic rings. The highest BCUT2D eigenvalue weighted by atomic mass is 16.6. The summed E-state index contributed by atoms with van der Waals surface area (Å²) in [5, 5.41) is 2.99. The number of rotatable bonds is 5. The van der Waals surface area contributed by atoms with Crippen LogP contribution in [0.15, 0.2) is 12.1 Å². The minimum atomic E-state index is -0.565. The molecular formula is C20H27N3O4. The Kier molecular flexibility index (Phi) is 5.39. The van der Waals surface area contributed by atoms with Crippen molar-refractivity contribution in [1.82, 2.24) is 15.3 Å². The first-order valence-electron chi connectivity index (χ1n) is 9.33. The summed E-state index contributed by atoms with van der Waals surface area (Å²) in [7, 11) is 1.52. The van der Waals surface area contributed by atoms with Gasteiger partial charge in [-0.2, -0.15) is 0 Å². The molecule has 2 N–H and O–H groups in total. The second kappa shape index (κ2) is 7.58. The molecule has 1 aromatic heterocycles. The third-order valence-corrected chi connectivity index (χ3v) is 4.82. The van der Waals surface area contributed by atoms with Gasteiger partial charge < -0.3 is 19.8 Å². The summed E-state index contributed by atoms with van der Waals surface area (Å²) in [5.41, 5.74) is 1.32. The Morgan fingerprint density at radius 2 is 2.04 bits per heavy atom. The zero-order chi connectivity index (χ0) is 19.6. The SMILES string of the molecule is COc1cc2nc([C@H](NC(=O)OC(C)(C)C)C3CCCC3)[nH]c2cc1C=O. The zero-order valence-corrected chi connectivity index (χ0v) is 16.3. The van der Waals surface area contributed by atoms with Gasteiger partial charge in [-0.1, -0.05) is 12.8 Å². The normalized spacial score (nSPS) is 16.3. The standard InChI is InChI=1S/C20H27N3O4/c1-20(2,3)27-19(25)23-17(12-7-5-6-8-12)18-21-14-9-13(11-24)16(26-4)10-15(14)22-18/h9-12,17H,5-8H2,1-4H3,(H,21,22)(H,23,25)/t17-/m1/s1. The maximum absolute atomic E-state index is 12.4. The van der Waals surface area contributed by atoms with E-state index in [0.717, 1.165) is 37.5 Å². The summed E-state index contributed by atoms with van der Waals surface area (Å²) in [6, 6.07) is 3.19. The van der Waals surface area contributed by atoms with E-state index in [1.54, 1.807) is 12.1 Å². The fourth-order valence-electron chi connectivity index (χ4n) is 3.63. The molecule has 1 saturated carbocycles. The highest BCUT2D eigenvalue weighted by molar-refractivity contribution is 5.89. The maximum Gasteiger partial charge on any atom is 0.408 e. The first kappa shape index (κ1) is 19.2. The van der Waals surface area contributed by atoms with Gasteiger partial charge in [0.1, 0.15) is 17.2 Å². The van der Waals surface area contributed by atoms with Crippen molar-refractivity contribution in [2.75, 3.05) is 7.11 Å². The summed E-state index contributed by atoms with van der Waals surface area (Å²) < 4.78 is 10.7. The molecule has 0 aliphatic heterocycles. The summed E-state index contributed by atoms with van der Waals surface area (Å²) >= 11 is 0. The topological polar surface area (TPSA) is 93.3 Å². The smallest absolute Gasteiger partial charge is 0.408 e. The van der Waals surface area contributed by atoms with Crippen LogP contribution in [0.25, 0.3) is 11.0 Å². The van der Waals surface area contributed by atoms with E-state index in [0.29, 0.717) is 28.6 Å². The largest absolute Gasteiger partial charge is 0.496 e. The van der Waals surface area contributed by atoms with Gasteiger partial charge in [-0.15, -0.1) is 0 Å². The number of fused-ring (bicyclic) bond motifs is 1. The van der Waals surface area contributed by atoms with E-state index in [-0.39, 0.29) is 6.04 Å². The van der Waals surface area contributed by atoms with E-state index in [2.05, 4.69) is 15.3 Å². The summed E-state index contributed by atoms with van der Waals surface area (Å²) in [4.78, 5) is 31.6. The van der Waals surface area contributed by atoms with E-state index in [1.807, 2.05) is 20.8 Å². The van der Waals surface area contributed by atoms with Crippen molar-refractivity contribution in [2.24, 2.45) is 5.92 Å². The van der Waals surface area contributed by atoms with Crippen molar-refractivity contribution in [3.63, 3.8) is 0 Å². The van der Waals surface area contributed by atoms with Gasteiger partial charge in [0.15, 0.2) is 6.29 Å². The molecule has 1 fully saturated rings. The van der Waals surface area contributed by atoms with Crippen LogP contribution in [0, 0.1) is 5.92 Å². The number of H-pyrrole nitrogens is 1. The molecule has 0 radical (unpaired) electrons. The molecule has 1 heterocycles. The Hall–Kier alpha value is -2.57. The van der Waals surface area contributed by atoms with Gasteiger partial charge in [0.25, 0.3) is 0 Å². The molecule has 146 valence electrons. The molecule has 0 bridgehead atoms. The van der Waals surface area contributed by atoms with E-state index >= 15 is 0 Å². The molecule has 1 atom stereocenters. The van der Waals surface area contributed by atoms with Gasteiger partial charge >= 0.3 is 6.09 Å². The lowest BCUT2D eigenvalue weighted by molar-refractivity contribution is 0.0482. The Morgan fingerprint density at radius 1 is 1.33 bits per heavy atom. The average molecular weight is 373 g/mol. The van der Waals surface area contributed by atoms with E-state index < -0.39 is 11.7 Å². The van der Waals surface area contributed by atoms with E-state index in [4.69, 9.17) is 9.47 Å². The fourth-order valence-corrected chi connectivity index (χ4v) is 3.63. The number of alkyl carbamates (subject to hydrolysis) is 1. The number of hydrogen-bond donors (Lipinski definition) is 2. The van der Waals surface area contributed by atoms with Gasteiger partial charge in [-0.25, -0.2) is 9.78 Å². The van der Waals surface area contributed by atoms with Gasteiger partial charge in [0.05, 0.1) is 29.7 Å². The van der Waals surface area contributed by atoms with Gasteiger partial charge in [0.2, 0.25) is 0 Å². The highest BCUT2D eigenvalue weighted by Gasteiger charge is 2.31. The lowest BCUT2D eigenvalue weighted by Gasteiger charge is -2.26. The van der Waals surface area contributed by atoms with Crippen LogP contribution in [-0.4, -0.2) is 35.1 Å². The highest BCUT2D eigenvalue weighted by Crippen LogP contribution is 2.36. The number of imidazole rings is 1. The minimum absolute atomic E-state index is 0.263. The Balaban J connectivity index is 1.93. The number of amides is 1. The first-order chi connectivity index (χ1) is 12.8. The van der Waals surface area contributed by atoms with Crippen LogP contribution >= 0.6 is 0 Å². The maximum atomic E-state index is 12.4. The number of aromatic nitrogens is 2. The van der Waals surface area contributed by atoms with Crippen molar-refractivity contribution < 1.29 is 19.1 Å². The van der Waals surface area contributed by atoms with Crippen molar-refractivity contribution in [3.8, 4) is 5.75 Å². The fraction of sp³-hybridized carbons (Fsp3) is 0.550. The molecule has 3 rings (SSSR count). The predicted molar refractivity (Wildman–Crippen MR) is 102 cm³/mol. The molecule has 7 nitrogen and oxygen atoms in total. The molecule has 1 amide bonds. The summed E-state index contributed by atoms with van der Waals surface area (Å²) in [6.07, 6.45) is 4.64. The van der Waals surface area contributed by atoms with Crippen molar-refractivity contribution >= 4 is 23.4 Å². The first-order valence-corrected chi connectivity index (χ1v) is 9.33. The number of methoxy groups -OCH3 is 1. The van der Waals surface area contributed by atoms with Crippen LogP contribution in [0.5, 0.6) is 5.75 Å². The lowest BCUT2D eigenvalue weighted by atomic mass is 9.97. The number of nitrogens with zero attached hydrogens (tertiary/aromatic N) is 1. The molecule has 1 aliphatic carbocycles. The van der Waals surface area contributed by atoms with Crippen molar-refractivity contribution in [1.29, 1.82) is 0 Å². The number of carbonyl (C=O) groups is 2. The number of benzene rings is 1. The molecule has 0 saturated heterocycles. The minimum Gasteiger partial charge on any atom is -0.496 e. The Labute approximate surface area is 158 Å². The molecule has 0 spiro atoms. The molecule has 7 heteroatoms. The van der Waals surface area contributed by atoms with Crippen LogP contribution in [0.4, 0.5) is 4.79 Å². The van der Waals surface area contributed by atoms with Gasteiger partial charge in [0, 0.05) is 6.07 Å². The second-order valence-corrected chi connectivity index (χ2v) is 8.02. The van der Waals surface area contributed by atoms with Crippen LogP contribution < -0.4 is 10.1 Å². The average Bonchev–Trinajstić information content (AvgIpc) is 3.25. The van der Waals surface area contributed by atoms with Crippen LogP contribution in [0.1, 0.15) is 68.7 Å². The van der Waals surface area contributed by atoms with Gasteiger partial charge in [-0.05, 0) is 45.6 Å². The van der Waals surface area contributed by atoms with Crippen molar-refractivity contribution in [2.45, 2.75) is 58.1 Å². The zero-order valence-electron chi connectivity index (χ0n) is 16.3. The molecule has 1 aromatic carbocycles. The lowest BCUT2D eigenvalue weighted by Crippen LogP contribution is -2.37. The van der Waals surface area contributed by atoms with E-state index in [1.165, 1.54) is 7.11 Å². The molecule has 27 heavy (non-hydrogen) atoms. The number of nitrogens with one attached hydrogen (secondary N) is 2. The van der Waals surface area contributed by atoms with Crippen LogP contribution in [-0.2, 0) is 4.74 Å². The second-order valence-electron chi connectivity index (χ2n) is 8.02. The van der Waals surface area contributed by atoms with Crippen LogP contribution in [0.3, 0.4) is 0 Å². The number of carbonyl (C=O) groups excluding carboxylic acids is 2. The number of ether oxygens (including phenoxy) is 2. The summed E-state index contributed by atoms with van der Waals surface area (Å²) in [6.45, 7) is 5.52. The quantitative estimate of drug-likeness (QED) is 0.768. The number of aldehydes is 1. The van der Waals surface area contributed by atoms with Crippen molar-refractivity contribution in [3.05, 3.63) is 23.5 Å². The predicted octanol–water partition coefficient (Wildman–Crippen LogP) is 4.14. The number of aromatic amines is 1. The van der Waals surface area contributed by atoms with E-state index in [9.17, 15) is 9.59 Å². The molecular weight excluding hydrogens is 346 g/mol. The Morgan fingerprint density at radius 3 is 2.63 bits per heavy atom. The monoisotopic (exact) mass is 373 g/mol. The third kappa shape index (κ3) is 4.40. The van der Waals surface area contributed by atoms with Gasteiger partial charge in [-0.3, -0.25) is 4.79 Å². The number of hydrogen-bond acceptors (Lipinski definition) is 5. The molecule has 0 unspecified atom stereocenters. The Bertz CT molecular complexity index is 832. The van der Waals surface area contributed by atoms with Crippen LogP contribution in [0.2, 0.25) is 0 Å².